The van der Waals surface area contributed by atoms with Crippen LogP contribution in [0.15, 0.2) is 18.2 Å². The van der Waals surface area contributed by atoms with Crippen molar-refractivity contribution in [3.05, 3.63) is 39.6 Å². The number of likely N-dealkylation sites (tertiary alicyclic amines) is 1. The fourth-order valence-corrected chi connectivity index (χ4v) is 3.71. The highest BCUT2D eigenvalue weighted by Gasteiger charge is 2.42. The van der Waals surface area contributed by atoms with Gasteiger partial charge >= 0.3 is 11.9 Å². The van der Waals surface area contributed by atoms with E-state index in [0.29, 0.717) is 23.6 Å². The molecule has 0 saturated carbocycles. The van der Waals surface area contributed by atoms with Gasteiger partial charge in [0.15, 0.2) is 17.4 Å². The van der Waals surface area contributed by atoms with E-state index in [-0.39, 0.29) is 45.8 Å². The maximum absolute atomic E-state index is 13.6. The zero-order chi connectivity index (χ0) is 21.9. The van der Waals surface area contributed by atoms with Crippen molar-refractivity contribution in [2.75, 3.05) is 31.2 Å². The van der Waals surface area contributed by atoms with Crippen molar-refractivity contribution in [3.63, 3.8) is 0 Å². The van der Waals surface area contributed by atoms with E-state index < -0.39 is 11.8 Å². The Bertz CT molecular complexity index is 991. The van der Waals surface area contributed by atoms with Gasteiger partial charge in [-0.3, -0.25) is 5.32 Å². The van der Waals surface area contributed by atoms with E-state index in [1.54, 1.807) is 7.05 Å². The number of rotatable bonds is 5. The van der Waals surface area contributed by atoms with Crippen LogP contribution in [-0.2, 0) is 11.2 Å². The average Bonchev–Trinajstić information content (AvgIpc) is 2.72. The predicted molar refractivity (Wildman–Crippen MR) is 111 cm³/mol. The highest BCUT2D eigenvalue weighted by molar-refractivity contribution is 6.36. The number of urea groups is 1. The first-order valence-corrected chi connectivity index (χ1v) is 10.1. The van der Waals surface area contributed by atoms with Gasteiger partial charge in [0.25, 0.3) is 0 Å². The highest BCUT2D eigenvalue weighted by Crippen LogP contribution is 2.29. The monoisotopic (exact) mass is 456 g/mol. The molecule has 3 N–H and O–H groups in total. The van der Waals surface area contributed by atoms with Gasteiger partial charge in [-0.15, -0.1) is 10.2 Å². The Hall–Kier alpha value is -2.49. The fourth-order valence-electron chi connectivity index (χ4n) is 3.15. The number of anilines is 2. The molecule has 1 aromatic carbocycles. The lowest BCUT2D eigenvalue weighted by molar-refractivity contribution is -0.753. The van der Waals surface area contributed by atoms with Crippen molar-refractivity contribution in [2.45, 2.75) is 25.7 Å². The number of piperidine rings is 1. The molecule has 0 spiro atoms. The second-order valence-corrected chi connectivity index (χ2v) is 7.88. The molecule has 0 radical (unpaired) electrons. The number of nitrogens with zero attached hydrogens (tertiary/aromatic N) is 3. The maximum atomic E-state index is 13.6. The Labute approximate surface area is 182 Å². The number of nitrogen functional groups attached to an aromatic ring is 1. The summed E-state index contributed by atoms with van der Waals surface area (Å²) in [5, 5.41) is 10.5. The van der Waals surface area contributed by atoms with E-state index in [1.807, 2.05) is 0 Å². The minimum atomic E-state index is -0.574. The molecule has 1 aromatic heterocycles. The first-order chi connectivity index (χ1) is 14.2. The molecule has 1 aliphatic heterocycles. The molecule has 2 heterocycles. The second-order valence-electron chi connectivity index (χ2n) is 7.10. The van der Waals surface area contributed by atoms with Crippen molar-refractivity contribution in [1.82, 2.24) is 10.2 Å². The Morgan fingerprint density at radius 1 is 1.33 bits per heavy atom. The van der Waals surface area contributed by atoms with E-state index in [4.69, 9.17) is 33.7 Å². The number of hydrogen-bond acceptors (Lipinski definition) is 6. The molecule has 3 amide bonds. The predicted octanol–water partition coefficient (Wildman–Crippen LogP) is 3.82. The molecule has 3 rings (SSSR count). The number of quaternary nitrogens is 1. The van der Waals surface area contributed by atoms with Crippen LogP contribution in [0.1, 0.15) is 24.8 Å². The van der Waals surface area contributed by atoms with Gasteiger partial charge in [0, 0.05) is 17.5 Å². The van der Waals surface area contributed by atoms with E-state index in [1.165, 1.54) is 18.2 Å². The molecule has 8 nitrogen and oxygen atoms in total. The standard InChI is InChI=1S/C19H20Cl2FN5O3/c1-27(8-3-2-4-16(27)28)19(29)24-15-10-14(18(23)26-25-15)30-9-7-11-12(20)5-6-13(22)17(11)21/h5-6,10H,2-4,7-9H2,1H3,(H2-,23,24,25,26,29)/p+1. The molecule has 160 valence electrons. The number of nitrogens with one attached hydrogen (secondary N) is 1. The third-order valence-electron chi connectivity index (χ3n) is 5.01. The summed E-state index contributed by atoms with van der Waals surface area (Å²) in [6.45, 7) is 0.504. The third kappa shape index (κ3) is 4.63. The zero-order valence-electron chi connectivity index (χ0n) is 16.3. The molecule has 2 aromatic rings. The molecule has 0 bridgehead atoms. The van der Waals surface area contributed by atoms with Gasteiger partial charge < -0.3 is 10.5 Å². The van der Waals surface area contributed by atoms with Gasteiger partial charge in [0.1, 0.15) is 5.82 Å². The highest BCUT2D eigenvalue weighted by atomic mass is 35.5. The van der Waals surface area contributed by atoms with Crippen molar-refractivity contribution in [1.29, 1.82) is 0 Å². The number of ether oxygens (including phenoxy) is 1. The summed E-state index contributed by atoms with van der Waals surface area (Å²) < 4.78 is 18.9. The van der Waals surface area contributed by atoms with Crippen LogP contribution < -0.4 is 15.8 Å². The zero-order valence-corrected chi connectivity index (χ0v) is 17.8. The molecule has 1 fully saturated rings. The number of imide groups is 1. The maximum Gasteiger partial charge on any atom is 0.429 e. The number of nitrogens with two attached hydrogens (primary N) is 1. The van der Waals surface area contributed by atoms with Gasteiger partial charge in [-0.2, -0.15) is 4.48 Å². The Morgan fingerprint density at radius 3 is 2.83 bits per heavy atom. The molecular formula is C19H21Cl2FN5O3+. The second kappa shape index (κ2) is 9.11. The van der Waals surface area contributed by atoms with Gasteiger partial charge in [-0.25, -0.2) is 14.0 Å². The number of benzene rings is 1. The van der Waals surface area contributed by atoms with Crippen LogP contribution in [0.2, 0.25) is 10.0 Å². The first-order valence-electron chi connectivity index (χ1n) is 9.31. The normalized spacial score (nSPS) is 18.9. The topological polar surface area (TPSA) is 107 Å². The van der Waals surface area contributed by atoms with Gasteiger partial charge in [0.05, 0.1) is 31.6 Å². The smallest absolute Gasteiger partial charge is 0.429 e. The molecule has 1 aliphatic rings. The van der Waals surface area contributed by atoms with E-state index in [9.17, 15) is 14.0 Å². The number of amides is 3. The van der Waals surface area contributed by atoms with Crippen LogP contribution in [0.4, 0.5) is 20.8 Å². The molecule has 30 heavy (non-hydrogen) atoms. The number of carbonyl (C=O) groups is 2. The largest absolute Gasteiger partial charge is 0.489 e. The molecular weight excluding hydrogens is 436 g/mol. The third-order valence-corrected chi connectivity index (χ3v) is 5.78. The van der Waals surface area contributed by atoms with Crippen molar-refractivity contribution >= 4 is 46.8 Å². The van der Waals surface area contributed by atoms with Crippen molar-refractivity contribution in [3.8, 4) is 5.75 Å². The van der Waals surface area contributed by atoms with Crippen LogP contribution in [0.3, 0.4) is 0 Å². The molecule has 0 aliphatic carbocycles. The lowest BCUT2D eigenvalue weighted by Crippen LogP contribution is -2.58. The van der Waals surface area contributed by atoms with Crippen LogP contribution in [0, 0.1) is 5.82 Å². The lowest BCUT2D eigenvalue weighted by Gasteiger charge is -2.31. The van der Waals surface area contributed by atoms with Crippen LogP contribution in [-0.4, -0.2) is 46.8 Å². The Kier molecular flexibility index (Phi) is 6.74. The summed E-state index contributed by atoms with van der Waals surface area (Å²) in [5.41, 5.74) is 6.20. The lowest BCUT2D eigenvalue weighted by atomic mass is 10.1. The van der Waals surface area contributed by atoms with Gasteiger partial charge in [-0.05, 0) is 30.5 Å². The quantitative estimate of drug-likeness (QED) is 0.522. The summed E-state index contributed by atoms with van der Waals surface area (Å²) in [7, 11) is 1.57. The van der Waals surface area contributed by atoms with Crippen molar-refractivity contribution < 1.29 is 23.2 Å². The number of carbonyl (C=O) groups excluding carboxylic acids is 2. The van der Waals surface area contributed by atoms with Gasteiger partial charge in [0.2, 0.25) is 0 Å². The Morgan fingerprint density at radius 2 is 2.10 bits per heavy atom. The van der Waals surface area contributed by atoms with Crippen LogP contribution in [0.5, 0.6) is 5.75 Å². The summed E-state index contributed by atoms with van der Waals surface area (Å²) in [4.78, 5) is 24.8. The first kappa shape index (κ1) is 22.2. The van der Waals surface area contributed by atoms with E-state index in [2.05, 4.69) is 15.5 Å². The molecule has 1 saturated heterocycles. The van der Waals surface area contributed by atoms with E-state index in [0.717, 1.165) is 12.8 Å². The number of aromatic nitrogens is 2. The number of halogens is 3. The summed E-state index contributed by atoms with van der Waals surface area (Å²) >= 11 is 12.0. The number of hydrogen-bond donors (Lipinski definition) is 2. The van der Waals surface area contributed by atoms with Gasteiger partial charge in [-0.1, -0.05) is 23.2 Å². The minimum absolute atomic E-state index is 0.0129. The Balaban J connectivity index is 1.68. The van der Waals surface area contributed by atoms with Crippen LogP contribution >= 0.6 is 23.2 Å². The van der Waals surface area contributed by atoms with Crippen molar-refractivity contribution in [2.24, 2.45) is 0 Å². The van der Waals surface area contributed by atoms with E-state index >= 15 is 0 Å². The minimum Gasteiger partial charge on any atom is -0.489 e. The summed E-state index contributed by atoms with van der Waals surface area (Å²) in [5.74, 6) is -0.434. The van der Waals surface area contributed by atoms with Crippen LogP contribution in [0.25, 0.3) is 0 Å². The summed E-state index contributed by atoms with van der Waals surface area (Å²) in [6, 6.07) is 3.52. The summed E-state index contributed by atoms with van der Waals surface area (Å²) in [6.07, 6.45) is 2.14. The molecule has 1 unspecified atom stereocenters. The average molecular weight is 457 g/mol. The molecule has 1 atom stereocenters. The SMILES string of the molecule is C[N+]1(C(=O)Nc2cc(OCCc3c(Cl)ccc(F)c3Cl)c(N)nn2)CCCCC1=O. The fraction of sp³-hybridized carbons (Fsp3) is 0.368. The molecule has 11 heteroatoms.